The zero-order valence-corrected chi connectivity index (χ0v) is 14.3. The molecule has 0 amide bonds. The van der Waals surface area contributed by atoms with Crippen LogP contribution in [-0.4, -0.2) is 24.1 Å². The van der Waals surface area contributed by atoms with E-state index in [0.29, 0.717) is 33.9 Å². The molecule has 0 fully saturated rings. The van der Waals surface area contributed by atoms with Crippen molar-refractivity contribution in [3.8, 4) is 17.2 Å². The topological polar surface area (TPSA) is 65.6 Å². The van der Waals surface area contributed by atoms with E-state index in [9.17, 15) is 4.79 Å². The van der Waals surface area contributed by atoms with E-state index in [4.69, 9.17) is 23.2 Å². The van der Waals surface area contributed by atoms with Gasteiger partial charge in [0, 0.05) is 18.6 Å². The fourth-order valence-electron chi connectivity index (χ4n) is 2.67. The third-order valence-corrected chi connectivity index (χ3v) is 4.18. The zero-order chi connectivity index (χ0) is 17.4. The highest BCUT2D eigenvalue weighted by atomic mass is 35.5. The van der Waals surface area contributed by atoms with Gasteiger partial charge in [-0.2, -0.15) is 4.98 Å². The first kappa shape index (κ1) is 15.8. The molecule has 0 bridgehead atoms. The molecular formula is C17H11Cl2N5O. The molecule has 0 saturated carbocycles. The molecule has 6 nitrogen and oxygen atoms in total. The molecule has 0 saturated heterocycles. The van der Waals surface area contributed by atoms with Gasteiger partial charge in [0.05, 0.1) is 29.1 Å². The lowest BCUT2D eigenvalue weighted by molar-refractivity contribution is 0.779. The number of hydrogen-bond acceptors (Lipinski definition) is 4. The van der Waals surface area contributed by atoms with Crippen LogP contribution in [0.4, 0.5) is 0 Å². The summed E-state index contributed by atoms with van der Waals surface area (Å²) in [5, 5.41) is 0.890. The molecule has 0 atom stereocenters. The quantitative estimate of drug-likeness (QED) is 0.518. The Morgan fingerprint density at radius 3 is 2.72 bits per heavy atom. The summed E-state index contributed by atoms with van der Waals surface area (Å²) in [6.07, 6.45) is 6.66. The number of halogens is 2. The van der Waals surface area contributed by atoms with Crippen molar-refractivity contribution in [1.82, 2.24) is 24.1 Å². The minimum absolute atomic E-state index is 0.381. The summed E-state index contributed by atoms with van der Waals surface area (Å²) in [6, 6.07) is 8.99. The second-order valence-corrected chi connectivity index (χ2v) is 6.25. The molecule has 25 heavy (non-hydrogen) atoms. The van der Waals surface area contributed by atoms with Crippen LogP contribution in [0.3, 0.4) is 0 Å². The highest BCUT2D eigenvalue weighted by Gasteiger charge is 2.19. The van der Waals surface area contributed by atoms with Crippen molar-refractivity contribution < 1.29 is 0 Å². The Balaban J connectivity index is 1.79. The summed E-state index contributed by atoms with van der Waals surface area (Å²) in [6.45, 7) is 0.520. The van der Waals surface area contributed by atoms with E-state index in [1.165, 1.54) is 10.8 Å². The zero-order valence-electron chi connectivity index (χ0n) is 12.8. The predicted molar refractivity (Wildman–Crippen MR) is 95.6 cm³/mol. The Kier molecular flexibility index (Phi) is 3.99. The van der Waals surface area contributed by atoms with Crippen LogP contribution in [0.1, 0.15) is 5.56 Å². The lowest BCUT2D eigenvalue weighted by Crippen LogP contribution is -2.14. The van der Waals surface area contributed by atoms with Crippen molar-refractivity contribution in [2.75, 3.05) is 0 Å². The highest BCUT2D eigenvalue weighted by Crippen LogP contribution is 2.23. The van der Waals surface area contributed by atoms with Crippen LogP contribution in [-0.2, 0) is 6.54 Å². The molecule has 0 aromatic carbocycles. The normalized spacial score (nSPS) is 11.1. The first-order valence-corrected chi connectivity index (χ1v) is 8.17. The van der Waals surface area contributed by atoms with Crippen LogP contribution in [0.2, 0.25) is 10.2 Å². The molecule has 0 spiro atoms. The van der Waals surface area contributed by atoms with E-state index in [0.717, 1.165) is 5.56 Å². The van der Waals surface area contributed by atoms with E-state index >= 15 is 0 Å². The van der Waals surface area contributed by atoms with Crippen LogP contribution in [0, 0.1) is 0 Å². The van der Waals surface area contributed by atoms with Gasteiger partial charge in [0.1, 0.15) is 5.15 Å². The maximum atomic E-state index is 12.4. The molecule has 4 rings (SSSR count). The van der Waals surface area contributed by atoms with Gasteiger partial charge in [0.25, 0.3) is 0 Å². The van der Waals surface area contributed by atoms with Gasteiger partial charge in [-0.25, -0.2) is 9.78 Å². The second-order valence-electron chi connectivity index (χ2n) is 5.43. The van der Waals surface area contributed by atoms with Gasteiger partial charge < -0.3 is 4.57 Å². The van der Waals surface area contributed by atoms with E-state index in [2.05, 4.69) is 15.0 Å². The van der Waals surface area contributed by atoms with Crippen LogP contribution in [0.5, 0.6) is 0 Å². The van der Waals surface area contributed by atoms with E-state index in [1.54, 1.807) is 24.5 Å². The highest BCUT2D eigenvalue weighted by molar-refractivity contribution is 6.30. The lowest BCUT2D eigenvalue weighted by Gasteiger charge is -2.12. The number of rotatable bonds is 3. The van der Waals surface area contributed by atoms with Crippen molar-refractivity contribution in [3.05, 3.63) is 81.3 Å². The van der Waals surface area contributed by atoms with Crippen molar-refractivity contribution in [3.63, 3.8) is 0 Å². The smallest absolute Gasteiger partial charge is 0.327 e. The molecular weight excluding hydrogens is 361 g/mol. The Labute approximate surface area is 152 Å². The van der Waals surface area contributed by atoms with Crippen molar-refractivity contribution in [2.24, 2.45) is 0 Å². The van der Waals surface area contributed by atoms with Crippen LogP contribution in [0.15, 0.2) is 59.9 Å². The molecule has 0 radical (unpaired) electrons. The molecule has 2 aliphatic heterocycles. The molecule has 0 unspecified atom stereocenters. The van der Waals surface area contributed by atoms with Gasteiger partial charge >= 0.3 is 5.69 Å². The molecule has 2 aromatic heterocycles. The fraction of sp³-hybridized carbons (Fsp3) is 0.0588. The van der Waals surface area contributed by atoms with Crippen LogP contribution in [0.25, 0.3) is 17.2 Å². The SMILES string of the molecule is O=c1nc2n(Cc3ccc(Cl)nc3)cccc-2n1-c1cncc(Cl)c1. The Bertz CT molecular complexity index is 1070. The average molecular weight is 372 g/mol. The van der Waals surface area contributed by atoms with Crippen molar-refractivity contribution in [2.45, 2.75) is 6.54 Å². The van der Waals surface area contributed by atoms with E-state index in [1.807, 2.05) is 29.0 Å². The minimum Gasteiger partial charge on any atom is -0.327 e. The van der Waals surface area contributed by atoms with Gasteiger partial charge in [-0.15, -0.1) is 0 Å². The van der Waals surface area contributed by atoms with Gasteiger partial charge in [-0.05, 0) is 29.8 Å². The molecule has 124 valence electrons. The number of hydrogen-bond donors (Lipinski definition) is 0. The predicted octanol–water partition coefficient (Wildman–Crippen LogP) is 3.28. The second kappa shape index (κ2) is 6.31. The van der Waals surface area contributed by atoms with E-state index in [-0.39, 0.29) is 5.69 Å². The third-order valence-electron chi connectivity index (χ3n) is 3.75. The largest absolute Gasteiger partial charge is 0.354 e. The minimum atomic E-state index is -0.381. The van der Waals surface area contributed by atoms with E-state index < -0.39 is 0 Å². The molecule has 0 N–H and O–H groups in total. The summed E-state index contributed by atoms with van der Waals surface area (Å²) >= 11 is 11.8. The number of aromatic nitrogens is 5. The number of fused-ring (bicyclic) bond motifs is 1. The standard InChI is InChI=1S/C17H11Cl2N5O/c18-12-6-13(9-20-8-12)24-14-2-1-5-23(16(14)22-17(24)25)10-11-3-4-15(19)21-7-11/h1-9H,10H2. The Hall–Kier alpha value is -2.70. The maximum absolute atomic E-state index is 12.4. The van der Waals surface area contributed by atoms with Crippen molar-refractivity contribution in [1.29, 1.82) is 0 Å². The Morgan fingerprint density at radius 2 is 1.96 bits per heavy atom. The summed E-state index contributed by atoms with van der Waals surface area (Å²) in [5.41, 5.74) is 1.82. The summed E-state index contributed by atoms with van der Waals surface area (Å²) in [4.78, 5) is 24.7. The van der Waals surface area contributed by atoms with Gasteiger partial charge in [0.2, 0.25) is 0 Å². The number of pyridine rings is 3. The summed E-state index contributed by atoms with van der Waals surface area (Å²) in [7, 11) is 0. The fourth-order valence-corrected chi connectivity index (χ4v) is 2.95. The summed E-state index contributed by atoms with van der Waals surface area (Å²) < 4.78 is 3.38. The van der Waals surface area contributed by atoms with Crippen LogP contribution < -0.4 is 5.69 Å². The lowest BCUT2D eigenvalue weighted by atomic mass is 10.2. The number of nitrogens with zero attached hydrogens (tertiary/aromatic N) is 5. The monoisotopic (exact) mass is 371 g/mol. The molecule has 4 heterocycles. The third kappa shape index (κ3) is 3.01. The Morgan fingerprint density at radius 1 is 1.08 bits per heavy atom. The molecule has 0 aliphatic carbocycles. The van der Waals surface area contributed by atoms with Gasteiger partial charge in [-0.1, -0.05) is 29.3 Å². The first-order chi connectivity index (χ1) is 12.1. The maximum Gasteiger partial charge on any atom is 0.354 e. The van der Waals surface area contributed by atoms with Gasteiger partial charge in [-0.3, -0.25) is 9.55 Å². The van der Waals surface area contributed by atoms with Crippen molar-refractivity contribution >= 4 is 23.2 Å². The molecule has 8 heteroatoms. The molecule has 2 aromatic rings. The van der Waals surface area contributed by atoms with Crippen LogP contribution >= 0.6 is 23.2 Å². The summed E-state index contributed by atoms with van der Waals surface area (Å²) in [5.74, 6) is 0.572. The first-order valence-electron chi connectivity index (χ1n) is 7.41. The molecule has 2 aliphatic rings. The average Bonchev–Trinajstić information content (AvgIpc) is 2.94. The van der Waals surface area contributed by atoms with Gasteiger partial charge in [0.15, 0.2) is 5.82 Å². The number of imidazole rings is 1.